The second-order valence-corrected chi connectivity index (χ2v) is 17.3. The summed E-state index contributed by atoms with van der Waals surface area (Å²) in [5.41, 5.74) is 1.87. The Labute approximate surface area is 262 Å². The van der Waals surface area contributed by atoms with E-state index in [1.54, 1.807) is 12.2 Å². The van der Waals surface area contributed by atoms with Crippen LogP contribution in [0.4, 0.5) is 13.2 Å². The van der Waals surface area contributed by atoms with Gasteiger partial charge >= 0.3 is 17.9 Å². The van der Waals surface area contributed by atoms with Crippen molar-refractivity contribution < 1.29 is 32.2 Å². The van der Waals surface area contributed by atoms with Gasteiger partial charge in [-0.25, -0.2) is 0 Å². The average molecular weight is 632 g/mol. The molecule has 1 aliphatic carbocycles. The predicted octanol–water partition coefficient (Wildman–Crippen LogP) is 7.30. The Kier molecular flexibility index (Phi) is 7.79. The van der Waals surface area contributed by atoms with Crippen LogP contribution in [0, 0.1) is 0 Å². The summed E-state index contributed by atoms with van der Waals surface area (Å²) in [6.45, 7) is 6.05. The van der Waals surface area contributed by atoms with Gasteiger partial charge in [-0.2, -0.15) is 13.2 Å². The van der Waals surface area contributed by atoms with Crippen LogP contribution in [-0.4, -0.2) is 37.4 Å². The van der Waals surface area contributed by atoms with Gasteiger partial charge in [0.1, 0.15) is 0 Å². The van der Waals surface area contributed by atoms with Crippen molar-refractivity contribution in [3.63, 3.8) is 0 Å². The maximum atomic E-state index is 14.0. The minimum atomic E-state index is -5.02. The number of halogens is 3. The topological polar surface area (TPSA) is 55.8 Å². The maximum Gasteiger partial charge on any atom is 0.471 e. The standard InChI is InChI=1S/C36H36F3NO4Si/c1-4-45(5-2,6-3)30-23-29-32(44-35(43-29,25-13-9-7-10-14-25)26-15-11-8-12-16-26)31-28(30)24-40(33(42)36(37,38)39)22-21-34(31)19-17-27(41)18-20-34/h7-20,23H,4-6,21-22,24H2,1-3H3. The first-order valence-corrected chi connectivity index (χ1v) is 18.1. The zero-order chi connectivity index (χ0) is 32.0. The summed E-state index contributed by atoms with van der Waals surface area (Å²) in [6, 6.07) is 23.7. The number of hydrogen-bond acceptors (Lipinski definition) is 4. The van der Waals surface area contributed by atoms with Crippen LogP contribution in [0.5, 0.6) is 11.5 Å². The lowest BCUT2D eigenvalue weighted by Gasteiger charge is -2.36. The molecule has 5 nitrogen and oxygen atoms in total. The Morgan fingerprint density at radius 3 is 1.96 bits per heavy atom. The van der Waals surface area contributed by atoms with Crippen LogP contribution in [0.15, 0.2) is 91.0 Å². The number of carbonyl (C=O) groups is 2. The number of allylic oxidation sites excluding steroid dienone is 4. The van der Waals surface area contributed by atoms with Gasteiger partial charge in [-0.3, -0.25) is 9.59 Å². The second kappa shape index (κ2) is 11.4. The Morgan fingerprint density at radius 1 is 0.889 bits per heavy atom. The van der Waals surface area contributed by atoms with Crippen LogP contribution in [0.1, 0.15) is 49.4 Å². The number of fused-ring (bicyclic) bond motifs is 4. The lowest BCUT2D eigenvalue weighted by atomic mass is 9.73. The Morgan fingerprint density at radius 2 is 1.44 bits per heavy atom. The lowest BCUT2D eigenvalue weighted by Crippen LogP contribution is -2.49. The number of hydrogen-bond donors (Lipinski definition) is 0. The summed E-state index contributed by atoms with van der Waals surface area (Å²) in [5.74, 6) is -2.50. The van der Waals surface area contributed by atoms with Crippen molar-refractivity contribution in [1.29, 1.82) is 0 Å². The third kappa shape index (κ3) is 5.01. The molecule has 1 spiro atoms. The first-order chi connectivity index (χ1) is 21.5. The van der Waals surface area contributed by atoms with Crippen LogP contribution in [0.25, 0.3) is 0 Å². The fraction of sp³-hybridized carbons (Fsp3) is 0.333. The molecular formula is C36H36F3NO4Si. The fourth-order valence-electron chi connectivity index (χ4n) is 7.32. The molecule has 234 valence electrons. The van der Waals surface area contributed by atoms with Crippen LogP contribution in [-0.2, 0) is 27.3 Å². The van der Waals surface area contributed by atoms with Gasteiger partial charge in [0.05, 0.1) is 8.07 Å². The first-order valence-electron chi connectivity index (χ1n) is 15.5. The van der Waals surface area contributed by atoms with E-state index in [2.05, 4.69) is 20.8 Å². The van der Waals surface area contributed by atoms with Gasteiger partial charge in [-0.05, 0) is 30.2 Å². The van der Waals surface area contributed by atoms with Gasteiger partial charge in [-0.1, -0.05) is 117 Å². The van der Waals surface area contributed by atoms with Crippen molar-refractivity contribution in [2.45, 2.75) is 69.2 Å². The number of benzene rings is 3. The molecule has 2 heterocycles. The molecule has 0 saturated carbocycles. The number of ketones is 1. The summed E-state index contributed by atoms with van der Waals surface area (Å²) in [5, 5.41) is 0.976. The van der Waals surface area contributed by atoms with Crippen LogP contribution in [0.3, 0.4) is 0 Å². The van der Waals surface area contributed by atoms with E-state index in [1.807, 2.05) is 66.7 Å². The maximum absolute atomic E-state index is 14.0. The number of carbonyl (C=O) groups excluding carboxylic acids is 2. The van der Waals surface area contributed by atoms with E-state index >= 15 is 0 Å². The summed E-state index contributed by atoms with van der Waals surface area (Å²) >= 11 is 0. The van der Waals surface area contributed by atoms with Crippen molar-refractivity contribution in [3.8, 4) is 11.5 Å². The van der Waals surface area contributed by atoms with Gasteiger partial charge in [0, 0.05) is 35.2 Å². The van der Waals surface area contributed by atoms with Gasteiger partial charge in [0.2, 0.25) is 0 Å². The van der Waals surface area contributed by atoms with Crippen molar-refractivity contribution >= 4 is 25.0 Å². The Balaban J connectivity index is 1.69. The lowest BCUT2D eigenvalue weighted by molar-refractivity contribution is -0.186. The normalized spacial score (nSPS) is 18.2. The minimum absolute atomic E-state index is 0.143. The molecule has 3 aromatic rings. The van der Waals surface area contributed by atoms with Gasteiger partial charge in [0.15, 0.2) is 17.3 Å². The zero-order valence-corrected chi connectivity index (χ0v) is 26.6. The molecule has 45 heavy (non-hydrogen) atoms. The van der Waals surface area contributed by atoms with E-state index in [9.17, 15) is 22.8 Å². The molecule has 0 radical (unpaired) electrons. The quantitative estimate of drug-likeness (QED) is 0.268. The first kappa shape index (κ1) is 30.9. The molecule has 3 aromatic carbocycles. The highest BCUT2D eigenvalue weighted by Gasteiger charge is 2.53. The number of nitrogens with zero attached hydrogens (tertiary/aromatic N) is 1. The average Bonchev–Trinajstić information content (AvgIpc) is 3.37. The highest BCUT2D eigenvalue weighted by Crippen LogP contribution is 2.55. The third-order valence-electron chi connectivity index (χ3n) is 9.99. The molecule has 0 atom stereocenters. The summed E-state index contributed by atoms with van der Waals surface area (Å²) in [6.07, 6.45) is 1.58. The van der Waals surface area contributed by atoms with Crippen molar-refractivity contribution in [1.82, 2.24) is 4.90 Å². The third-order valence-corrected chi connectivity index (χ3v) is 15.6. The molecule has 0 unspecified atom stereocenters. The highest BCUT2D eigenvalue weighted by molar-refractivity contribution is 6.92. The van der Waals surface area contributed by atoms with E-state index in [-0.39, 0.29) is 25.3 Å². The van der Waals surface area contributed by atoms with E-state index < -0.39 is 31.4 Å². The number of ether oxygens (including phenoxy) is 2. The SMILES string of the molecule is CC[Si](CC)(CC)c1cc2c(c3c1CN(C(=O)C(F)(F)F)CCC31C=CC(=O)C=C1)OC(c1ccccc1)(c1ccccc1)O2. The Hall–Kier alpha value is -4.11. The van der Waals surface area contributed by atoms with E-state index in [4.69, 9.17) is 9.47 Å². The predicted molar refractivity (Wildman–Crippen MR) is 169 cm³/mol. The largest absolute Gasteiger partial charge is 0.471 e. The number of amides is 1. The highest BCUT2D eigenvalue weighted by atomic mass is 28.3. The van der Waals surface area contributed by atoms with E-state index in [1.165, 1.54) is 12.2 Å². The van der Waals surface area contributed by atoms with Gasteiger partial charge < -0.3 is 14.4 Å². The zero-order valence-electron chi connectivity index (χ0n) is 25.6. The van der Waals surface area contributed by atoms with Crippen LogP contribution in [0.2, 0.25) is 18.1 Å². The van der Waals surface area contributed by atoms with Crippen molar-refractivity contribution in [3.05, 3.63) is 113 Å². The van der Waals surface area contributed by atoms with Crippen molar-refractivity contribution in [2.75, 3.05) is 6.54 Å². The summed E-state index contributed by atoms with van der Waals surface area (Å²) in [4.78, 5) is 26.2. The molecule has 9 heteroatoms. The van der Waals surface area contributed by atoms with Crippen molar-refractivity contribution in [2.24, 2.45) is 0 Å². The molecule has 0 fully saturated rings. The van der Waals surface area contributed by atoms with E-state index in [0.29, 0.717) is 22.6 Å². The van der Waals surface area contributed by atoms with Gasteiger partial charge in [-0.15, -0.1) is 0 Å². The molecule has 0 aromatic heterocycles. The fourth-order valence-corrected chi connectivity index (χ4v) is 11.2. The molecule has 0 saturated heterocycles. The van der Waals surface area contributed by atoms with E-state index in [0.717, 1.165) is 39.3 Å². The molecule has 3 aliphatic rings. The molecule has 1 amide bonds. The number of rotatable bonds is 6. The molecular weight excluding hydrogens is 595 g/mol. The molecule has 0 bridgehead atoms. The number of alkyl halides is 3. The summed E-state index contributed by atoms with van der Waals surface area (Å²) < 4.78 is 55.8. The molecule has 6 rings (SSSR count). The van der Waals surface area contributed by atoms with Gasteiger partial charge in [0.25, 0.3) is 0 Å². The summed E-state index contributed by atoms with van der Waals surface area (Å²) in [7, 11) is -2.32. The van der Waals surface area contributed by atoms with Crippen LogP contribution < -0.4 is 14.7 Å². The van der Waals surface area contributed by atoms with Crippen LogP contribution >= 0.6 is 0 Å². The second-order valence-electron chi connectivity index (χ2n) is 12.1. The smallest absolute Gasteiger partial charge is 0.440 e. The Bertz CT molecular complexity index is 1620. The molecule has 2 aliphatic heterocycles. The molecule has 0 N–H and O–H groups in total. The monoisotopic (exact) mass is 631 g/mol. The minimum Gasteiger partial charge on any atom is -0.440 e.